The number of carbonyl (C=O) groups is 1. The SMILES string of the molecule is Cc1ccccc1CNC(=O)C[NH+](Cc1ccccc1F)C1CC1. The van der Waals surface area contributed by atoms with Gasteiger partial charge in [0.15, 0.2) is 6.54 Å². The van der Waals surface area contributed by atoms with Crippen molar-refractivity contribution < 1.29 is 14.1 Å². The zero-order valence-electron chi connectivity index (χ0n) is 14.0. The van der Waals surface area contributed by atoms with E-state index in [1.165, 1.54) is 11.6 Å². The van der Waals surface area contributed by atoms with Crippen molar-refractivity contribution in [2.45, 2.75) is 38.9 Å². The molecule has 1 aliphatic rings. The molecule has 0 bridgehead atoms. The number of aryl methyl sites for hydroxylation is 1. The summed E-state index contributed by atoms with van der Waals surface area (Å²) in [7, 11) is 0. The molecule has 0 saturated heterocycles. The second kappa shape index (κ2) is 7.58. The summed E-state index contributed by atoms with van der Waals surface area (Å²) in [6, 6.07) is 15.4. The second-order valence-corrected chi connectivity index (χ2v) is 6.58. The molecule has 1 saturated carbocycles. The lowest BCUT2D eigenvalue weighted by molar-refractivity contribution is -0.917. The Morgan fingerprint density at radius 3 is 2.46 bits per heavy atom. The lowest BCUT2D eigenvalue weighted by Gasteiger charge is -2.19. The zero-order valence-corrected chi connectivity index (χ0v) is 14.0. The molecule has 1 unspecified atom stereocenters. The molecule has 2 N–H and O–H groups in total. The molecule has 24 heavy (non-hydrogen) atoms. The first kappa shape index (κ1) is 16.7. The van der Waals surface area contributed by atoms with Gasteiger partial charge in [0.05, 0.1) is 6.04 Å². The van der Waals surface area contributed by atoms with Crippen molar-refractivity contribution in [1.82, 2.24) is 5.32 Å². The third kappa shape index (κ3) is 4.42. The maximum Gasteiger partial charge on any atom is 0.275 e. The summed E-state index contributed by atoms with van der Waals surface area (Å²) in [5.74, 6) is -0.160. The highest BCUT2D eigenvalue weighted by atomic mass is 19.1. The van der Waals surface area contributed by atoms with Crippen molar-refractivity contribution >= 4 is 5.91 Å². The van der Waals surface area contributed by atoms with Crippen LogP contribution in [0.1, 0.15) is 29.5 Å². The van der Waals surface area contributed by atoms with Crippen molar-refractivity contribution in [2.75, 3.05) is 6.54 Å². The van der Waals surface area contributed by atoms with Crippen molar-refractivity contribution in [3.05, 3.63) is 71.0 Å². The Bertz CT molecular complexity index is 712. The predicted molar refractivity (Wildman–Crippen MR) is 92.0 cm³/mol. The van der Waals surface area contributed by atoms with E-state index in [9.17, 15) is 9.18 Å². The van der Waals surface area contributed by atoms with Crippen LogP contribution in [0.4, 0.5) is 4.39 Å². The van der Waals surface area contributed by atoms with Crippen LogP contribution in [-0.2, 0) is 17.9 Å². The van der Waals surface area contributed by atoms with Gasteiger partial charge in [0.1, 0.15) is 12.4 Å². The van der Waals surface area contributed by atoms with Gasteiger partial charge < -0.3 is 10.2 Å². The minimum absolute atomic E-state index is 0.0245. The quantitative estimate of drug-likeness (QED) is 0.801. The van der Waals surface area contributed by atoms with Crippen LogP contribution in [0.25, 0.3) is 0 Å². The number of hydrogen-bond acceptors (Lipinski definition) is 1. The maximum absolute atomic E-state index is 13.9. The van der Waals surface area contributed by atoms with Crippen molar-refractivity contribution in [2.24, 2.45) is 0 Å². The van der Waals surface area contributed by atoms with E-state index in [-0.39, 0.29) is 11.7 Å². The minimum Gasteiger partial charge on any atom is -0.347 e. The van der Waals surface area contributed by atoms with Gasteiger partial charge in [0.2, 0.25) is 0 Å². The highest BCUT2D eigenvalue weighted by molar-refractivity contribution is 5.76. The van der Waals surface area contributed by atoms with Crippen LogP contribution in [0.3, 0.4) is 0 Å². The Balaban J connectivity index is 1.57. The molecule has 1 fully saturated rings. The van der Waals surface area contributed by atoms with E-state index < -0.39 is 0 Å². The highest BCUT2D eigenvalue weighted by Gasteiger charge is 2.34. The predicted octanol–water partition coefficient (Wildman–Crippen LogP) is 2.00. The molecule has 2 aromatic rings. The van der Waals surface area contributed by atoms with Crippen molar-refractivity contribution in [1.29, 1.82) is 0 Å². The van der Waals surface area contributed by atoms with Gasteiger partial charge in [0.25, 0.3) is 5.91 Å². The Morgan fingerprint density at radius 2 is 1.79 bits per heavy atom. The van der Waals surface area contributed by atoms with Gasteiger partial charge in [-0.25, -0.2) is 4.39 Å². The first-order valence-electron chi connectivity index (χ1n) is 8.52. The summed E-state index contributed by atoms with van der Waals surface area (Å²) in [5.41, 5.74) is 2.99. The Kier molecular flexibility index (Phi) is 5.26. The largest absolute Gasteiger partial charge is 0.347 e. The normalized spacial score (nSPS) is 15.1. The maximum atomic E-state index is 13.9. The fourth-order valence-electron chi connectivity index (χ4n) is 3.00. The number of carbonyl (C=O) groups excluding carboxylic acids is 1. The van der Waals surface area contributed by atoms with Crippen LogP contribution in [0.5, 0.6) is 0 Å². The van der Waals surface area contributed by atoms with E-state index in [1.807, 2.05) is 43.3 Å². The lowest BCUT2D eigenvalue weighted by Crippen LogP contribution is -3.13. The Hall–Kier alpha value is -2.20. The van der Waals surface area contributed by atoms with E-state index in [4.69, 9.17) is 0 Å². The smallest absolute Gasteiger partial charge is 0.275 e. The number of halogens is 1. The third-order valence-electron chi connectivity index (χ3n) is 4.65. The number of amides is 1. The van der Waals surface area contributed by atoms with E-state index in [2.05, 4.69) is 5.32 Å². The van der Waals surface area contributed by atoms with Gasteiger partial charge in [-0.2, -0.15) is 0 Å². The van der Waals surface area contributed by atoms with Gasteiger partial charge in [-0.05, 0) is 24.1 Å². The van der Waals surface area contributed by atoms with Crippen LogP contribution in [0.2, 0.25) is 0 Å². The zero-order chi connectivity index (χ0) is 16.9. The summed E-state index contributed by atoms with van der Waals surface area (Å²) >= 11 is 0. The molecule has 0 aliphatic heterocycles. The fourth-order valence-corrected chi connectivity index (χ4v) is 3.00. The van der Waals surface area contributed by atoms with Crippen LogP contribution < -0.4 is 10.2 Å². The van der Waals surface area contributed by atoms with Gasteiger partial charge in [0, 0.05) is 24.9 Å². The standard InChI is InChI=1S/C20H23FN2O/c1-15-6-2-3-7-16(15)12-22-20(24)14-23(18-10-11-18)13-17-8-4-5-9-19(17)21/h2-9,18H,10-14H2,1H3,(H,22,24)/p+1. The number of rotatable bonds is 7. The summed E-state index contributed by atoms with van der Waals surface area (Å²) in [4.78, 5) is 13.5. The Morgan fingerprint density at radius 1 is 1.12 bits per heavy atom. The number of hydrogen-bond donors (Lipinski definition) is 2. The first-order chi connectivity index (χ1) is 11.6. The van der Waals surface area contributed by atoms with E-state index in [0.29, 0.717) is 31.2 Å². The van der Waals surface area contributed by atoms with Gasteiger partial charge >= 0.3 is 0 Å². The molecule has 4 heteroatoms. The van der Waals surface area contributed by atoms with E-state index >= 15 is 0 Å². The van der Waals surface area contributed by atoms with Crippen LogP contribution in [-0.4, -0.2) is 18.5 Å². The monoisotopic (exact) mass is 327 g/mol. The van der Waals surface area contributed by atoms with Gasteiger partial charge in [-0.3, -0.25) is 4.79 Å². The first-order valence-corrected chi connectivity index (χ1v) is 8.52. The van der Waals surface area contributed by atoms with Crippen molar-refractivity contribution in [3.63, 3.8) is 0 Å². The van der Waals surface area contributed by atoms with E-state index in [1.54, 1.807) is 6.07 Å². The molecule has 3 rings (SSSR count). The van der Waals surface area contributed by atoms with Gasteiger partial charge in [-0.1, -0.05) is 42.5 Å². The molecule has 1 amide bonds. The number of quaternary nitrogens is 1. The Labute approximate surface area is 142 Å². The highest BCUT2D eigenvalue weighted by Crippen LogP contribution is 2.16. The van der Waals surface area contributed by atoms with E-state index in [0.717, 1.165) is 23.3 Å². The topological polar surface area (TPSA) is 33.5 Å². The van der Waals surface area contributed by atoms with Crippen molar-refractivity contribution in [3.8, 4) is 0 Å². The molecule has 3 nitrogen and oxygen atoms in total. The summed E-state index contributed by atoms with van der Waals surface area (Å²) in [6.45, 7) is 3.55. The number of benzene rings is 2. The molecule has 126 valence electrons. The summed E-state index contributed by atoms with van der Waals surface area (Å²) < 4.78 is 13.9. The van der Waals surface area contributed by atoms with Crippen LogP contribution in [0, 0.1) is 12.7 Å². The molecule has 2 aromatic carbocycles. The van der Waals surface area contributed by atoms with Crippen LogP contribution >= 0.6 is 0 Å². The fraction of sp³-hybridized carbons (Fsp3) is 0.350. The second-order valence-electron chi connectivity index (χ2n) is 6.58. The molecule has 1 aliphatic carbocycles. The molecule has 0 heterocycles. The van der Waals surface area contributed by atoms with Crippen LogP contribution in [0.15, 0.2) is 48.5 Å². The molecule has 0 aromatic heterocycles. The average molecular weight is 327 g/mol. The average Bonchev–Trinajstić information content (AvgIpc) is 3.40. The molecular formula is C20H24FN2O+. The molecule has 0 spiro atoms. The number of nitrogens with one attached hydrogen (secondary N) is 2. The summed E-state index contributed by atoms with van der Waals surface area (Å²) in [6.07, 6.45) is 2.24. The van der Waals surface area contributed by atoms with Gasteiger partial charge in [-0.15, -0.1) is 0 Å². The lowest BCUT2D eigenvalue weighted by atomic mass is 10.1. The summed E-state index contributed by atoms with van der Waals surface area (Å²) in [5, 5.41) is 3.00. The molecule has 1 atom stereocenters. The minimum atomic E-state index is -0.184. The molecular weight excluding hydrogens is 303 g/mol. The third-order valence-corrected chi connectivity index (χ3v) is 4.65. The molecule has 0 radical (unpaired) electrons.